The van der Waals surface area contributed by atoms with Crippen LogP contribution in [0.2, 0.25) is 0 Å². The highest BCUT2D eigenvalue weighted by atomic mass is 35.5. The maximum Gasteiger partial charge on any atom is 0.0673 e. The molecule has 1 saturated carbocycles. The lowest BCUT2D eigenvalue weighted by molar-refractivity contribution is -0.0239. The van der Waals surface area contributed by atoms with Crippen LogP contribution < -0.4 is 0 Å². The molecule has 2 rings (SSSR count). The topological polar surface area (TPSA) is 9.23 Å². The van der Waals surface area contributed by atoms with Gasteiger partial charge >= 0.3 is 0 Å². The van der Waals surface area contributed by atoms with Crippen molar-refractivity contribution in [3.63, 3.8) is 0 Å². The molecule has 1 heterocycles. The number of rotatable bonds is 1. The van der Waals surface area contributed by atoms with Crippen molar-refractivity contribution in [1.29, 1.82) is 0 Å². The molecular weight excluding hydrogens is 112 g/mol. The third-order valence-electron chi connectivity index (χ3n) is 1.95. The highest BCUT2D eigenvalue weighted by Gasteiger charge is 2.62. The standard InChI is InChI=1S/C5H7ClO/c6-2-5-1-4(5)7-3-5/h4H,1-3H2. The molecule has 0 radical (unpaired) electrons. The maximum atomic E-state index is 5.61. The van der Waals surface area contributed by atoms with E-state index < -0.39 is 0 Å². The molecule has 0 aromatic heterocycles. The van der Waals surface area contributed by atoms with Crippen LogP contribution in [-0.2, 0) is 4.74 Å². The largest absolute Gasteiger partial charge is 0.377 e. The third-order valence-corrected chi connectivity index (χ3v) is 2.49. The van der Waals surface area contributed by atoms with Crippen molar-refractivity contribution >= 4 is 11.6 Å². The molecule has 0 aromatic rings. The normalized spacial score (nSPS) is 55.3. The highest BCUT2D eigenvalue weighted by Crippen LogP contribution is 2.57. The van der Waals surface area contributed by atoms with Gasteiger partial charge in [0.1, 0.15) is 0 Å². The van der Waals surface area contributed by atoms with Crippen molar-refractivity contribution in [1.82, 2.24) is 0 Å². The van der Waals surface area contributed by atoms with Gasteiger partial charge in [-0.2, -0.15) is 0 Å². The fourth-order valence-corrected chi connectivity index (χ4v) is 1.40. The smallest absolute Gasteiger partial charge is 0.0673 e. The molecule has 0 amide bonds. The second kappa shape index (κ2) is 0.981. The second-order valence-electron chi connectivity index (χ2n) is 2.50. The van der Waals surface area contributed by atoms with Crippen LogP contribution in [-0.4, -0.2) is 18.6 Å². The summed E-state index contributed by atoms with van der Waals surface area (Å²) in [6, 6.07) is 0. The van der Waals surface area contributed by atoms with E-state index in [1.54, 1.807) is 0 Å². The van der Waals surface area contributed by atoms with E-state index in [-0.39, 0.29) is 0 Å². The van der Waals surface area contributed by atoms with E-state index >= 15 is 0 Å². The molecule has 0 bridgehead atoms. The van der Waals surface area contributed by atoms with E-state index in [0.29, 0.717) is 11.5 Å². The summed E-state index contributed by atoms with van der Waals surface area (Å²) in [6.45, 7) is 0.918. The first-order chi connectivity index (χ1) is 3.37. The Bertz CT molecular complexity index is 94.7. The fourth-order valence-electron chi connectivity index (χ4n) is 1.04. The average Bonchev–Trinajstić information content (AvgIpc) is 2.12. The predicted octanol–water partition coefficient (Wildman–Crippen LogP) is 1.01. The van der Waals surface area contributed by atoms with E-state index in [4.69, 9.17) is 16.3 Å². The lowest BCUT2D eigenvalue weighted by Crippen LogP contribution is -2.28. The minimum atomic E-state index is 0.474. The quantitative estimate of drug-likeness (QED) is 0.467. The van der Waals surface area contributed by atoms with E-state index in [2.05, 4.69) is 0 Å². The van der Waals surface area contributed by atoms with Crippen LogP contribution in [0.5, 0.6) is 0 Å². The van der Waals surface area contributed by atoms with Crippen molar-refractivity contribution < 1.29 is 4.74 Å². The number of ether oxygens (including phenoxy) is 1. The van der Waals surface area contributed by atoms with Gasteiger partial charge in [0.2, 0.25) is 0 Å². The van der Waals surface area contributed by atoms with Gasteiger partial charge < -0.3 is 4.74 Å². The van der Waals surface area contributed by atoms with Gasteiger partial charge in [-0.15, -0.1) is 11.6 Å². The Morgan fingerprint density at radius 3 is 2.71 bits per heavy atom. The molecule has 7 heavy (non-hydrogen) atoms. The van der Waals surface area contributed by atoms with E-state index in [0.717, 1.165) is 12.5 Å². The summed E-state index contributed by atoms with van der Waals surface area (Å²) in [7, 11) is 0. The first-order valence-electron chi connectivity index (χ1n) is 2.55. The molecule has 1 aliphatic carbocycles. The fraction of sp³-hybridized carbons (Fsp3) is 1.00. The molecular formula is C5H7ClO. The number of hydrogen-bond acceptors (Lipinski definition) is 1. The Morgan fingerprint density at radius 2 is 2.71 bits per heavy atom. The Morgan fingerprint density at radius 1 is 1.86 bits per heavy atom. The van der Waals surface area contributed by atoms with Crippen LogP contribution >= 0.6 is 11.6 Å². The number of hydrogen-bond donors (Lipinski definition) is 0. The third kappa shape index (κ3) is 0.339. The summed E-state index contributed by atoms with van der Waals surface area (Å²) in [5.41, 5.74) is 0.474. The summed E-state index contributed by atoms with van der Waals surface area (Å²) in [6.07, 6.45) is 1.78. The number of alkyl halides is 1. The first-order valence-corrected chi connectivity index (χ1v) is 3.08. The molecule has 1 saturated heterocycles. The molecule has 40 valence electrons. The summed E-state index contributed by atoms with van der Waals surface area (Å²) in [5.74, 6) is 0.803. The summed E-state index contributed by atoms with van der Waals surface area (Å²) in [5, 5.41) is 0. The molecule has 1 aliphatic heterocycles. The Balaban J connectivity index is 2.06. The predicted molar refractivity (Wildman–Crippen MR) is 27.5 cm³/mol. The van der Waals surface area contributed by atoms with Gasteiger partial charge in [0.15, 0.2) is 0 Å². The zero-order chi connectivity index (χ0) is 4.91. The first kappa shape index (κ1) is 4.16. The Labute approximate surface area is 47.6 Å². The van der Waals surface area contributed by atoms with Crippen LogP contribution in [0, 0.1) is 5.41 Å². The van der Waals surface area contributed by atoms with Crippen molar-refractivity contribution in [2.45, 2.75) is 12.5 Å². The van der Waals surface area contributed by atoms with Gasteiger partial charge in [-0.1, -0.05) is 0 Å². The minimum absolute atomic E-state index is 0.474. The van der Waals surface area contributed by atoms with Gasteiger partial charge in [-0.05, 0) is 6.42 Å². The molecule has 2 heteroatoms. The number of fused-ring (bicyclic) bond motifs is 1. The van der Waals surface area contributed by atoms with E-state index in [1.807, 2.05) is 0 Å². The van der Waals surface area contributed by atoms with Gasteiger partial charge in [-0.3, -0.25) is 0 Å². The zero-order valence-electron chi connectivity index (χ0n) is 3.98. The molecule has 0 N–H and O–H groups in total. The zero-order valence-corrected chi connectivity index (χ0v) is 4.74. The van der Waals surface area contributed by atoms with Crippen LogP contribution in [0.25, 0.3) is 0 Å². The van der Waals surface area contributed by atoms with Crippen LogP contribution in [0.1, 0.15) is 6.42 Å². The molecule has 2 fully saturated rings. The second-order valence-corrected chi connectivity index (χ2v) is 2.77. The van der Waals surface area contributed by atoms with E-state index in [1.165, 1.54) is 6.42 Å². The van der Waals surface area contributed by atoms with Crippen molar-refractivity contribution in [3.8, 4) is 0 Å². The summed E-state index contributed by atoms with van der Waals surface area (Å²) < 4.78 is 5.11. The molecule has 0 aromatic carbocycles. The van der Waals surface area contributed by atoms with Gasteiger partial charge in [0.05, 0.1) is 12.7 Å². The van der Waals surface area contributed by atoms with Crippen molar-refractivity contribution in [2.75, 3.05) is 12.5 Å². The highest BCUT2D eigenvalue weighted by molar-refractivity contribution is 6.18. The Kier molecular flexibility index (Phi) is 0.583. The van der Waals surface area contributed by atoms with Gasteiger partial charge in [0.25, 0.3) is 0 Å². The van der Waals surface area contributed by atoms with Crippen LogP contribution in [0.3, 0.4) is 0 Å². The van der Waals surface area contributed by atoms with Crippen molar-refractivity contribution in [3.05, 3.63) is 0 Å². The summed E-state index contributed by atoms with van der Waals surface area (Å²) in [4.78, 5) is 0. The summed E-state index contributed by atoms with van der Waals surface area (Å²) >= 11 is 5.61. The molecule has 0 spiro atoms. The average molecular weight is 119 g/mol. The maximum absolute atomic E-state index is 5.61. The molecule has 2 aliphatic rings. The Hall–Kier alpha value is 0.250. The van der Waals surface area contributed by atoms with E-state index in [9.17, 15) is 0 Å². The molecule has 2 unspecified atom stereocenters. The van der Waals surface area contributed by atoms with Crippen LogP contribution in [0.15, 0.2) is 0 Å². The molecule has 1 nitrogen and oxygen atoms in total. The van der Waals surface area contributed by atoms with Gasteiger partial charge in [-0.25, -0.2) is 0 Å². The lowest BCUT2D eigenvalue weighted by atomic mass is 10.1. The SMILES string of the molecule is ClCC12COC1C2. The molecule has 2 atom stereocenters. The minimum Gasteiger partial charge on any atom is -0.377 e. The monoisotopic (exact) mass is 118 g/mol. The van der Waals surface area contributed by atoms with Crippen LogP contribution in [0.4, 0.5) is 0 Å². The van der Waals surface area contributed by atoms with Crippen molar-refractivity contribution in [2.24, 2.45) is 5.41 Å². The van der Waals surface area contributed by atoms with Gasteiger partial charge in [0, 0.05) is 11.3 Å². The lowest BCUT2D eigenvalue weighted by Gasteiger charge is -2.22. The number of halogens is 1.